The van der Waals surface area contributed by atoms with E-state index in [0.29, 0.717) is 36.5 Å². The fraction of sp³-hybridized carbons (Fsp3) is 0.652. The van der Waals surface area contributed by atoms with Crippen molar-refractivity contribution in [3.63, 3.8) is 0 Å². The van der Waals surface area contributed by atoms with Crippen molar-refractivity contribution in [1.29, 1.82) is 0 Å². The number of hydrogen-bond donors (Lipinski definition) is 1. The summed E-state index contributed by atoms with van der Waals surface area (Å²) in [6, 6.07) is 8.25. The maximum absolute atomic E-state index is 13.0. The molecular weight excluding hydrogens is 407 g/mol. The third kappa shape index (κ3) is 6.37. The largest absolute Gasteiger partial charge is 0.406 e. The zero-order chi connectivity index (χ0) is 22.4. The minimum Gasteiger partial charge on any atom is -0.383 e. The standard InChI is InChI=1S/C23H34F3N3O2/c1-17-15-20-21(5-4-6-22(20)29(17)16-23(24,25)26)27-18-7-9-19(10-8-18)28(11-13-30-2)12-14-31-3/h4-6,15,18-19,27H,7-14,16H2,1-3H3. The smallest absolute Gasteiger partial charge is 0.383 e. The first-order valence-electron chi connectivity index (χ1n) is 11.0. The molecule has 174 valence electrons. The van der Waals surface area contributed by atoms with E-state index in [9.17, 15) is 13.2 Å². The zero-order valence-corrected chi connectivity index (χ0v) is 18.7. The van der Waals surface area contributed by atoms with E-state index in [-0.39, 0.29) is 0 Å². The molecule has 1 aliphatic carbocycles. The Morgan fingerprint density at radius 2 is 1.71 bits per heavy atom. The number of anilines is 1. The van der Waals surface area contributed by atoms with E-state index in [4.69, 9.17) is 9.47 Å². The highest BCUT2D eigenvalue weighted by Gasteiger charge is 2.30. The second-order valence-corrected chi connectivity index (χ2v) is 8.40. The fourth-order valence-electron chi connectivity index (χ4n) is 4.63. The molecule has 0 unspecified atom stereocenters. The first-order chi connectivity index (χ1) is 14.8. The molecule has 1 fully saturated rings. The summed E-state index contributed by atoms with van der Waals surface area (Å²) >= 11 is 0. The highest BCUT2D eigenvalue weighted by atomic mass is 19.4. The summed E-state index contributed by atoms with van der Waals surface area (Å²) in [5.74, 6) is 0. The number of aromatic nitrogens is 1. The summed E-state index contributed by atoms with van der Waals surface area (Å²) in [6.45, 7) is 3.98. The Balaban J connectivity index is 1.65. The van der Waals surface area contributed by atoms with Gasteiger partial charge in [0.2, 0.25) is 0 Å². The molecule has 0 amide bonds. The molecule has 1 aromatic heterocycles. The minimum atomic E-state index is -4.24. The summed E-state index contributed by atoms with van der Waals surface area (Å²) in [6.07, 6.45) is -0.0279. The van der Waals surface area contributed by atoms with Gasteiger partial charge in [0, 0.05) is 56.2 Å². The number of methoxy groups -OCH3 is 2. The second kappa shape index (κ2) is 10.7. The summed E-state index contributed by atoms with van der Waals surface area (Å²) in [4.78, 5) is 2.45. The van der Waals surface area contributed by atoms with Crippen molar-refractivity contribution in [3.8, 4) is 0 Å². The molecule has 1 saturated carbocycles. The van der Waals surface area contributed by atoms with E-state index in [2.05, 4.69) is 10.2 Å². The number of ether oxygens (including phenoxy) is 2. The van der Waals surface area contributed by atoms with Gasteiger partial charge in [0.25, 0.3) is 0 Å². The van der Waals surface area contributed by atoms with Gasteiger partial charge in [-0.15, -0.1) is 0 Å². The van der Waals surface area contributed by atoms with Crippen LogP contribution in [0.1, 0.15) is 31.4 Å². The number of rotatable bonds is 10. The van der Waals surface area contributed by atoms with Crippen LogP contribution in [0, 0.1) is 6.92 Å². The molecule has 1 heterocycles. The molecule has 0 radical (unpaired) electrons. The molecule has 8 heteroatoms. The SMILES string of the molecule is COCCN(CCOC)C1CCC(Nc2cccc3c2cc(C)n3CC(F)(F)F)CC1. The lowest BCUT2D eigenvalue weighted by molar-refractivity contribution is -0.140. The van der Waals surface area contributed by atoms with Crippen LogP contribution in [0.4, 0.5) is 18.9 Å². The normalized spacial score (nSPS) is 20.0. The van der Waals surface area contributed by atoms with Crippen LogP contribution in [-0.2, 0) is 16.0 Å². The number of nitrogens with zero attached hydrogens (tertiary/aromatic N) is 2. The van der Waals surface area contributed by atoms with Crippen molar-refractivity contribution < 1.29 is 22.6 Å². The Morgan fingerprint density at radius 3 is 2.29 bits per heavy atom. The van der Waals surface area contributed by atoms with Gasteiger partial charge in [-0.1, -0.05) is 6.07 Å². The van der Waals surface area contributed by atoms with Crippen molar-refractivity contribution in [3.05, 3.63) is 30.0 Å². The molecule has 1 N–H and O–H groups in total. The lowest BCUT2D eigenvalue weighted by Gasteiger charge is -2.37. The molecule has 0 saturated heterocycles. The molecule has 0 bridgehead atoms. The molecule has 31 heavy (non-hydrogen) atoms. The Morgan fingerprint density at radius 1 is 1.06 bits per heavy atom. The monoisotopic (exact) mass is 441 g/mol. The average Bonchev–Trinajstić information content (AvgIpc) is 3.04. The van der Waals surface area contributed by atoms with Crippen molar-refractivity contribution >= 4 is 16.6 Å². The van der Waals surface area contributed by atoms with Crippen LogP contribution in [-0.4, -0.2) is 68.2 Å². The number of aryl methyl sites for hydroxylation is 1. The van der Waals surface area contributed by atoms with Crippen LogP contribution in [0.15, 0.2) is 24.3 Å². The van der Waals surface area contributed by atoms with Crippen LogP contribution in [0.2, 0.25) is 0 Å². The number of nitrogens with one attached hydrogen (secondary N) is 1. The molecule has 0 atom stereocenters. The fourth-order valence-corrected chi connectivity index (χ4v) is 4.63. The van der Waals surface area contributed by atoms with Gasteiger partial charge in [0.1, 0.15) is 6.54 Å². The molecule has 3 rings (SSSR count). The molecule has 2 aromatic rings. The molecule has 5 nitrogen and oxygen atoms in total. The van der Waals surface area contributed by atoms with Gasteiger partial charge in [-0.25, -0.2) is 0 Å². The Bertz CT molecular complexity index is 821. The van der Waals surface area contributed by atoms with Crippen LogP contribution in [0.5, 0.6) is 0 Å². The summed E-state index contributed by atoms with van der Waals surface area (Å²) in [5, 5.41) is 4.47. The van der Waals surface area contributed by atoms with E-state index in [0.717, 1.165) is 49.8 Å². The van der Waals surface area contributed by atoms with Gasteiger partial charge in [0.15, 0.2) is 0 Å². The maximum Gasteiger partial charge on any atom is 0.406 e. The zero-order valence-electron chi connectivity index (χ0n) is 18.7. The second-order valence-electron chi connectivity index (χ2n) is 8.40. The number of alkyl halides is 3. The highest BCUT2D eigenvalue weighted by Crippen LogP contribution is 2.32. The predicted octanol–water partition coefficient (Wildman–Crippen LogP) is 4.83. The summed E-state index contributed by atoms with van der Waals surface area (Å²) in [7, 11) is 3.44. The summed E-state index contributed by atoms with van der Waals surface area (Å²) in [5.41, 5.74) is 2.16. The van der Waals surface area contributed by atoms with E-state index >= 15 is 0 Å². The minimum absolute atomic E-state index is 0.319. The van der Waals surface area contributed by atoms with Crippen LogP contribution < -0.4 is 5.32 Å². The topological polar surface area (TPSA) is 38.7 Å². The Labute approximate surface area is 182 Å². The molecule has 0 spiro atoms. The highest BCUT2D eigenvalue weighted by molar-refractivity contribution is 5.93. The van der Waals surface area contributed by atoms with Crippen LogP contribution in [0.3, 0.4) is 0 Å². The van der Waals surface area contributed by atoms with Crippen molar-refractivity contribution in [2.45, 2.75) is 57.4 Å². The Hall–Kier alpha value is -1.77. The van der Waals surface area contributed by atoms with Gasteiger partial charge in [-0.05, 0) is 50.8 Å². The van der Waals surface area contributed by atoms with Crippen molar-refractivity contribution in [2.75, 3.05) is 45.8 Å². The van der Waals surface area contributed by atoms with Gasteiger partial charge in [0.05, 0.1) is 18.7 Å². The van der Waals surface area contributed by atoms with Crippen LogP contribution >= 0.6 is 0 Å². The van der Waals surface area contributed by atoms with Gasteiger partial charge >= 0.3 is 6.18 Å². The third-order valence-corrected chi connectivity index (χ3v) is 6.23. The third-order valence-electron chi connectivity index (χ3n) is 6.23. The van der Waals surface area contributed by atoms with Crippen molar-refractivity contribution in [1.82, 2.24) is 9.47 Å². The summed E-state index contributed by atoms with van der Waals surface area (Å²) < 4.78 is 50.9. The van der Waals surface area contributed by atoms with E-state index in [1.165, 1.54) is 4.57 Å². The van der Waals surface area contributed by atoms with Gasteiger partial charge < -0.3 is 19.4 Å². The average molecular weight is 442 g/mol. The quantitative estimate of drug-likeness (QED) is 0.573. The number of hydrogen-bond acceptors (Lipinski definition) is 4. The number of fused-ring (bicyclic) bond motifs is 1. The van der Waals surface area contributed by atoms with Gasteiger partial charge in [-0.2, -0.15) is 13.2 Å². The predicted molar refractivity (Wildman–Crippen MR) is 118 cm³/mol. The first-order valence-corrected chi connectivity index (χ1v) is 11.0. The number of halogens is 3. The molecule has 1 aromatic carbocycles. The van der Waals surface area contributed by atoms with Crippen LogP contribution in [0.25, 0.3) is 10.9 Å². The Kier molecular flexibility index (Phi) is 8.24. The van der Waals surface area contributed by atoms with Gasteiger partial charge in [-0.3, -0.25) is 4.90 Å². The number of benzene rings is 1. The molecule has 1 aliphatic rings. The van der Waals surface area contributed by atoms with E-state index in [1.54, 1.807) is 27.2 Å². The lowest BCUT2D eigenvalue weighted by Crippen LogP contribution is -2.43. The first kappa shape index (κ1) is 23.9. The van der Waals surface area contributed by atoms with Crippen molar-refractivity contribution in [2.24, 2.45) is 0 Å². The van der Waals surface area contributed by atoms with E-state index < -0.39 is 12.7 Å². The molecule has 0 aliphatic heterocycles. The molecular formula is C23H34F3N3O2. The lowest BCUT2D eigenvalue weighted by atomic mass is 9.89. The van der Waals surface area contributed by atoms with E-state index in [1.807, 2.05) is 18.2 Å². The maximum atomic E-state index is 13.0.